The molecule has 2 amide bonds. The molecule has 1 aliphatic heterocycles. The van der Waals surface area contributed by atoms with Gasteiger partial charge in [0, 0.05) is 42.1 Å². The van der Waals surface area contributed by atoms with E-state index in [1.807, 2.05) is 30.3 Å². The van der Waals surface area contributed by atoms with Crippen LogP contribution in [0.1, 0.15) is 11.1 Å². The Kier molecular flexibility index (Phi) is 7.11. The highest BCUT2D eigenvalue weighted by Gasteiger charge is 2.33. The van der Waals surface area contributed by atoms with E-state index >= 15 is 0 Å². The number of nitrogens with zero attached hydrogens (tertiary/aromatic N) is 5. The maximum Gasteiger partial charge on any atom is 0.331 e. The molecule has 10 nitrogen and oxygen atoms in total. The number of methoxy groups -OCH3 is 2. The number of nitriles is 1. The molecule has 2 aromatic carbocycles. The van der Waals surface area contributed by atoms with E-state index in [1.54, 1.807) is 24.4 Å². The molecule has 0 spiro atoms. The van der Waals surface area contributed by atoms with Crippen molar-refractivity contribution in [2.75, 3.05) is 35.9 Å². The van der Waals surface area contributed by atoms with Crippen LogP contribution in [0.15, 0.2) is 61.3 Å². The topological polar surface area (TPSA) is 121 Å². The van der Waals surface area contributed by atoms with Crippen molar-refractivity contribution in [3.05, 3.63) is 72.4 Å². The van der Waals surface area contributed by atoms with E-state index in [4.69, 9.17) is 9.47 Å². The van der Waals surface area contributed by atoms with Crippen molar-refractivity contribution in [2.45, 2.75) is 13.0 Å². The van der Waals surface area contributed by atoms with Crippen LogP contribution >= 0.6 is 0 Å². The van der Waals surface area contributed by atoms with Gasteiger partial charge in [-0.05, 0) is 17.7 Å². The van der Waals surface area contributed by atoms with Crippen LogP contribution in [-0.4, -0.2) is 42.5 Å². The van der Waals surface area contributed by atoms with Crippen LogP contribution in [0.25, 0.3) is 0 Å². The fourth-order valence-corrected chi connectivity index (χ4v) is 3.82. The van der Waals surface area contributed by atoms with Gasteiger partial charge in [0.1, 0.15) is 23.9 Å². The van der Waals surface area contributed by atoms with Crippen LogP contribution < -0.4 is 24.6 Å². The second kappa shape index (κ2) is 10.6. The predicted octanol–water partition coefficient (Wildman–Crippen LogP) is 4.01. The van der Waals surface area contributed by atoms with E-state index in [0.717, 1.165) is 5.56 Å². The first kappa shape index (κ1) is 24.2. The van der Waals surface area contributed by atoms with E-state index in [2.05, 4.69) is 21.9 Å². The zero-order valence-electron chi connectivity index (χ0n) is 19.9. The molecule has 2 heterocycles. The van der Waals surface area contributed by atoms with Crippen molar-refractivity contribution in [3.8, 4) is 17.6 Å². The van der Waals surface area contributed by atoms with Crippen molar-refractivity contribution in [1.82, 2.24) is 9.97 Å². The van der Waals surface area contributed by atoms with E-state index < -0.39 is 6.03 Å². The number of carbonyl (C=O) groups is 2. The number of benzene rings is 2. The lowest BCUT2D eigenvalue weighted by molar-refractivity contribution is -0.114. The van der Waals surface area contributed by atoms with Crippen molar-refractivity contribution in [2.24, 2.45) is 0 Å². The number of hydrogen-bond donors (Lipinski definition) is 1. The molecule has 0 saturated heterocycles. The minimum atomic E-state index is -0.416. The van der Waals surface area contributed by atoms with Crippen molar-refractivity contribution >= 4 is 35.0 Å². The third-order valence-corrected chi connectivity index (χ3v) is 5.62. The van der Waals surface area contributed by atoms with E-state index in [9.17, 15) is 14.9 Å². The molecule has 10 heteroatoms. The lowest BCUT2D eigenvalue weighted by Crippen LogP contribution is -2.48. The van der Waals surface area contributed by atoms with Crippen molar-refractivity contribution in [3.63, 3.8) is 0 Å². The van der Waals surface area contributed by atoms with Crippen molar-refractivity contribution in [1.29, 1.82) is 5.26 Å². The number of ketones is 1. The second-order valence-electron chi connectivity index (χ2n) is 7.86. The molecule has 1 N–H and O–H groups in total. The monoisotopic (exact) mass is 484 g/mol. The van der Waals surface area contributed by atoms with Gasteiger partial charge in [-0.15, -0.1) is 0 Å². The number of allylic oxidation sites excluding steroid dienone is 1. The van der Waals surface area contributed by atoms with E-state index in [0.29, 0.717) is 34.3 Å². The lowest BCUT2D eigenvalue weighted by Gasteiger charge is -2.35. The number of para-hydroxylation sites is 1. The Morgan fingerprint density at radius 3 is 2.61 bits per heavy atom. The molecular formula is C26H24N6O4. The molecule has 1 aromatic heterocycles. The van der Waals surface area contributed by atoms with Crippen LogP contribution in [-0.2, 0) is 17.8 Å². The molecule has 3 aromatic rings. The lowest BCUT2D eigenvalue weighted by atomic mass is 10.1. The summed E-state index contributed by atoms with van der Waals surface area (Å²) in [5, 5.41) is 12.6. The summed E-state index contributed by atoms with van der Waals surface area (Å²) in [6.45, 7) is 3.51. The summed E-state index contributed by atoms with van der Waals surface area (Å²) in [6, 6.07) is 14.1. The zero-order valence-corrected chi connectivity index (χ0v) is 19.9. The van der Waals surface area contributed by atoms with Gasteiger partial charge in [0.2, 0.25) is 5.95 Å². The largest absolute Gasteiger partial charge is 0.497 e. The summed E-state index contributed by atoms with van der Waals surface area (Å²) >= 11 is 0. The minimum Gasteiger partial charge on any atom is -0.497 e. The van der Waals surface area contributed by atoms with Crippen LogP contribution in [0.4, 0.5) is 27.9 Å². The number of rotatable bonds is 9. The van der Waals surface area contributed by atoms with E-state index in [-0.39, 0.29) is 31.2 Å². The SMILES string of the molecule is C=CC(=O)Cc1ccccc1Nc1ncc2c(n1)N(CC#N)C(=O)N(c1cc(OC)cc(OC)c1)C2. The Hall–Kier alpha value is -4.91. The molecule has 182 valence electrons. The second-order valence-corrected chi connectivity index (χ2v) is 7.86. The molecule has 1 aliphatic rings. The minimum absolute atomic E-state index is 0.115. The quantitative estimate of drug-likeness (QED) is 0.357. The van der Waals surface area contributed by atoms with Gasteiger partial charge in [-0.3, -0.25) is 14.6 Å². The smallest absolute Gasteiger partial charge is 0.331 e. The first-order valence-corrected chi connectivity index (χ1v) is 11.0. The van der Waals surface area contributed by atoms with Crippen LogP contribution in [0.3, 0.4) is 0 Å². The zero-order chi connectivity index (χ0) is 25.7. The van der Waals surface area contributed by atoms with Gasteiger partial charge < -0.3 is 14.8 Å². The number of anilines is 4. The summed E-state index contributed by atoms with van der Waals surface area (Å²) in [5.74, 6) is 1.51. The summed E-state index contributed by atoms with van der Waals surface area (Å²) in [6.07, 6.45) is 3.07. The standard InChI is InChI=1S/C26H24N6O4/c1-4-20(33)11-17-7-5-6-8-23(17)29-25-28-15-18-16-32(26(34)31(10-9-27)24(18)30-25)19-12-21(35-2)14-22(13-19)36-3/h4-8,12-15H,1,10-11,16H2,2-3H3,(H,28,29,30). The summed E-state index contributed by atoms with van der Waals surface area (Å²) in [4.78, 5) is 37.1. The van der Waals surface area contributed by atoms with Gasteiger partial charge in [0.25, 0.3) is 0 Å². The molecule has 0 bridgehead atoms. The number of amides is 2. The van der Waals surface area contributed by atoms with Gasteiger partial charge in [0.15, 0.2) is 5.78 Å². The Labute approximate surface area is 208 Å². The average molecular weight is 485 g/mol. The number of carbonyl (C=O) groups excluding carboxylic acids is 2. The Morgan fingerprint density at radius 1 is 1.22 bits per heavy atom. The number of hydrogen-bond acceptors (Lipinski definition) is 8. The van der Waals surface area contributed by atoms with Gasteiger partial charge >= 0.3 is 6.03 Å². The molecule has 4 rings (SSSR count). The summed E-state index contributed by atoms with van der Waals surface area (Å²) in [5.41, 5.74) is 2.62. The maximum absolute atomic E-state index is 13.4. The predicted molar refractivity (Wildman–Crippen MR) is 135 cm³/mol. The van der Waals surface area contributed by atoms with Crippen LogP contribution in [0.2, 0.25) is 0 Å². The number of nitrogens with one attached hydrogen (secondary N) is 1. The van der Waals surface area contributed by atoms with Gasteiger partial charge in [0.05, 0.1) is 32.5 Å². The Bertz CT molecular complexity index is 1340. The van der Waals surface area contributed by atoms with Gasteiger partial charge in [-0.25, -0.2) is 9.78 Å². The third kappa shape index (κ3) is 4.95. The maximum atomic E-state index is 13.4. The average Bonchev–Trinajstić information content (AvgIpc) is 2.90. The molecule has 0 aliphatic carbocycles. The molecule has 36 heavy (non-hydrogen) atoms. The first-order valence-electron chi connectivity index (χ1n) is 11.0. The highest BCUT2D eigenvalue weighted by atomic mass is 16.5. The van der Waals surface area contributed by atoms with Crippen LogP contribution in [0.5, 0.6) is 11.5 Å². The Balaban J connectivity index is 1.68. The molecule has 0 radical (unpaired) electrons. The van der Waals surface area contributed by atoms with Crippen molar-refractivity contribution < 1.29 is 19.1 Å². The molecule has 0 unspecified atom stereocenters. The highest BCUT2D eigenvalue weighted by molar-refractivity contribution is 6.06. The summed E-state index contributed by atoms with van der Waals surface area (Å²) < 4.78 is 10.7. The number of urea groups is 1. The highest BCUT2D eigenvalue weighted by Crippen LogP contribution is 2.35. The molecule has 0 fully saturated rings. The Morgan fingerprint density at radius 2 is 1.94 bits per heavy atom. The normalized spacial score (nSPS) is 12.4. The number of aromatic nitrogens is 2. The number of fused-ring (bicyclic) bond motifs is 1. The molecule has 0 atom stereocenters. The van der Waals surface area contributed by atoms with E-state index in [1.165, 1.54) is 30.1 Å². The number of ether oxygens (including phenoxy) is 2. The fourth-order valence-electron chi connectivity index (χ4n) is 3.82. The third-order valence-electron chi connectivity index (χ3n) is 5.62. The first-order chi connectivity index (χ1) is 17.5. The fraction of sp³-hybridized carbons (Fsp3) is 0.192. The molecule has 0 saturated carbocycles. The molecular weight excluding hydrogens is 460 g/mol. The van der Waals surface area contributed by atoms with Crippen LogP contribution in [0, 0.1) is 11.3 Å². The summed E-state index contributed by atoms with van der Waals surface area (Å²) in [7, 11) is 3.06. The van der Waals surface area contributed by atoms with Gasteiger partial charge in [-0.2, -0.15) is 10.2 Å². The van der Waals surface area contributed by atoms with Gasteiger partial charge in [-0.1, -0.05) is 24.8 Å².